The van der Waals surface area contributed by atoms with Crippen LogP contribution in [0, 0.1) is 0 Å². The van der Waals surface area contributed by atoms with Crippen LogP contribution in [0.25, 0.3) is 0 Å². The summed E-state index contributed by atoms with van der Waals surface area (Å²) in [5.74, 6) is 0. The van der Waals surface area contributed by atoms with Crippen molar-refractivity contribution in [2.45, 2.75) is 26.8 Å². The fourth-order valence-corrected chi connectivity index (χ4v) is 1.43. The highest BCUT2D eigenvalue weighted by Crippen LogP contribution is 2.22. The molecule has 0 spiro atoms. The summed E-state index contributed by atoms with van der Waals surface area (Å²) in [5.41, 5.74) is 1.25. The van der Waals surface area contributed by atoms with E-state index in [1.807, 2.05) is 0 Å². The minimum Gasteiger partial charge on any atom is -0.237 e. The van der Waals surface area contributed by atoms with Crippen LogP contribution < -0.4 is 0 Å². The monoisotopic (exact) mass is 168 g/mol. The van der Waals surface area contributed by atoms with Crippen molar-refractivity contribution in [1.29, 1.82) is 0 Å². The van der Waals surface area contributed by atoms with Crippen LogP contribution >= 0.6 is 0 Å². The first-order valence-corrected chi connectivity index (χ1v) is 4.87. The number of rotatable bonds is 2. The van der Waals surface area contributed by atoms with Crippen molar-refractivity contribution in [2.24, 2.45) is 0 Å². The summed E-state index contributed by atoms with van der Waals surface area (Å²) < 4.78 is 35.3. The molecule has 0 bridgehead atoms. The topological polar surface area (TPSA) is 0 Å². The van der Waals surface area contributed by atoms with E-state index in [1.54, 1.807) is 13.8 Å². The zero-order chi connectivity index (χ0) is 8.36. The fraction of sp³-hybridized carbons (Fsp3) is 0.667. The van der Waals surface area contributed by atoms with E-state index < -0.39 is 15.1 Å². The van der Waals surface area contributed by atoms with E-state index in [-0.39, 0.29) is 0 Å². The van der Waals surface area contributed by atoms with Crippen molar-refractivity contribution in [3.05, 3.63) is 11.1 Å². The van der Waals surface area contributed by atoms with Crippen LogP contribution in [0.15, 0.2) is 11.1 Å². The van der Waals surface area contributed by atoms with Crippen molar-refractivity contribution in [3.8, 4) is 0 Å². The third-order valence-corrected chi connectivity index (χ3v) is 2.25. The molecule has 0 nitrogen and oxygen atoms in total. The number of allylic oxidation sites excluding steroid dienone is 2. The Bertz CT molecular complexity index is 142. The van der Waals surface area contributed by atoms with Crippen molar-refractivity contribution in [1.82, 2.24) is 0 Å². The van der Waals surface area contributed by atoms with Gasteiger partial charge in [-0.25, -0.2) is 12.3 Å². The normalized spacial score (nSPS) is 11.4. The predicted molar refractivity (Wildman–Crippen MR) is 37.9 cm³/mol. The molecule has 0 saturated carbocycles. The van der Waals surface area contributed by atoms with Crippen molar-refractivity contribution in [2.75, 3.05) is 0 Å². The first-order valence-electron chi connectivity index (χ1n) is 3.02. The van der Waals surface area contributed by atoms with Gasteiger partial charge in [0.15, 0.2) is 0 Å². The Balaban J connectivity index is 4.06. The van der Waals surface area contributed by atoms with E-state index in [2.05, 4.69) is 0 Å². The highest BCUT2D eigenvalue weighted by atomic mass is 28.5. The van der Waals surface area contributed by atoms with E-state index in [0.29, 0.717) is 5.57 Å². The molecule has 0 rings (SSSR count). The number of halogens is 3. The molecule has 0 aromatic rings. The van der Waals surface area contributed by atoms with Gasteiger partial charge in [-0.3, -0.25) is 0 Å². The second kappa shape index (κ2) is 3.23. The molecule has 0 N–H and O–H groups in total. The van der Waals surface area contributed by atoms with Gasteiger partial charge in [-0.1, -0.05) is 11.1 Å². The number of hydrogen-bond donors (Lipinski definition) is 0. The predicted octanol–water partition coefficient (Wildman–Crippen LogP) is 3.19. The SMILES string of the molecule is CC(C)=C(C)C[Si](F)(F)F. The second-order valence-corrected chi connectivity index (χ2v) is 4.16. The van der Waals surface area contributed by atoms with Crippen LogP contribution in [-0.4, -0.2) is 9.08 Å². The van der Waals surface area contributed by atoms with E-state index >= 15 is 0 Å². The molecule has 0 amide bonds. The van der Waals surface area contributed by atoms with Gasteiger partial charge in [-0.15, -0.1) is 0 Å². The van der Waals surface area contributed by atoms with Crippen molar-refractivity contribution in [3.63, 3.8) is 0 Å². The first-order chi connectivity index (χ1) is 4.33. The Kier molecular flexibility index (Phi) is 3.15. The van der Waals surface area contributed by atoms with Gasteiger partial charge in [-0.2, -0.15) is 0 Å². The first kappa shape index (κ1) is 9.75. The zero-order valence-electron chi connectivity index (χ0n) is 6.34. The lowest BCUT2D eigenvalue weighted by molar-refractivity contribution is 0.475. The van der Waals surface area contributed by atoms with Gasteiger partial charge in [0.2, 0.25) is 0 Å². The highest BCUT2D eigenvalue weighted by Gasteiger charge is 2.36. The number of hydrogen-bond acceptors (Lipinski definition) is 0. The maximum Gasteiger partial charge on any atom is 0.620 e. The third kappa shape index (κ3) is 4.61. The van der Waals surface area contributed by atoms with E-state index in [1.165, 1.54) is 6.92 Å². The molecular formula is C6H11F3Si. The summed E-state index contributed by atoms with van der Waals surface area (Å²) in [6, 6.07) is -0.644. The van der Waals surface area contributed by atoms with Crippen LogP contribution in [-0.2, 0) is 0 Å². The molecule has 4 heteroatoms. The molecule has 0 aliphatic heterocycles. The largest absolute Gasteiger partial charge is 0.620 e. The Morgan fingerprint density at radius 2 is 1.50 bits per heavy atom. The Hall–Kier alpha value is -0.253. The smallest absolute Gasteiger partial charge is 0.237 e. The lowest BCUT2D eigenvalue weighted by atomic mass is 10.2. The maximum absolute atomic E-state index is 11.8. The Labute approximate surface area is 60.3 Å². The van der Waals surface area contributed by atoms with Crippen LogP contribution in [0.2, 0.25) is 6.04 Å². The van der Waals surface area contributed by atoms with Gasteiger partial charge in [0, 0.05) is 0 Å². The second-order valence-electron chi connectivity index (χ2n) is 2.57. The van der Waals surface area contributed by atoms with Gasteiger partial charge in [-0.05, 0) is 20.8 Å². The molecule has 0 aliphatic carbocycles. The Morgan fingerprint density at radius 3 is 1.60 bits per heavy atom. The molecule has 10 heavy (non-hydrogen) atoms. The average Bonchev–Trinajstić information content (AvgIpc) is 1.60. The zero-order valence-corrected chi connectivity index (χ0v) is 7.34. The molecular weight excluding hydrogens is 157 g/mol. The Morgan fingerprint density at radius 1 is 1.10 bits per heavy atom. The summed E-state index contributed by atoms with van der Waals surface area (Å²) in [6.07, 6.45) is 0. The summed E-state index contributed by atoms with van der Waals surface area (Å²) >= 11 is 0. The summed E-state index contributed by atoms with van der Waals surface area (Å²) in [4.78, 5) is 0. The van der Waals surface area contributed by atoms with Gasteiger partial charge in [0.25, 0.3) is 0 Å². The van der Waals surface area contributed by atoms with Gasteiger partial charge in [0.05, 0.1) is 6.04 Å². The van der Waals surface area contributed by atoms with Crippen molar-refractivity contribution < 1.29 is 12.3 Å². The molecule has 0 fully saturated rings. The molecule has 0 saturated heterocycles. The van der Waals surface area contributed by atoms with Gasteiger partial charge < -0.3 is 0 Å². The minimum absolute atomic E-state index is 0.471. The van der Waals surface area contributed by atoms with E-state index in [0.717, 1.165) is 5.57 Å². The quantitative estimate of drug-likeness (QED) is 0.337. The molecule has 0 aromatic carbocycles. The summed E-state index contributed by atoms with van der Waals surface area (Å²) in [5, 5.41) is 0. The molecule has 60 valence electrons. The molecule has 0 atom stereocenters. The van der Waals surface area contributed by atoms with Crippen molar-refractivity contribution >= 4 is 9.08 Å². The van der Waals surface area contributed by atoms with E-state index in [4.69, 9.17) is 0 Å². The molecule has 0 unspecified atom stereocenters. The highest BCUT2D eigenvalue weighted by molar-refractivity contribution is 6.59. The van der Waals surface area contributed by atoms with Crippen LogP contribution in [0.5, 0.6) is 0 Å². The lowest BCUT2D eigenvalue weighted by Gasteiger charge is -2.03. The lowest BCUT2D eigenvalue weighted by Crippen LogP contribution is -2.14. The van der Waals surface area contributed by atoms with Gasteiger partial charge in [0.1, 0.15) is 0 Å². The summed E-state index contributed by atoms with van der Waals surface area (Å²) in [7, 11) is -5.34. The van der Waals surface area contributed by atoms with Crippen LogP contribution in [0.3, 0.4) is 0 Å². The van der Waals surface area contributed by atoms with E-state index in [9.17, 15) is 12.3 Å². The third-order valence-electron chi connectivity index (χ3n) is 1.32. The molecule has 0 heterocycles. The minimum atomic E-state index is -5.34. The molecule has 0 radical (unpaired) electrons. The summed E-state index contributed by atoms with van der Waals surface area (Å²) in [6.45, 7) is 4.95. The van der Waals surface area contributed by atoms with Crippen LogP contribution in [0.1, 0.15) is 20.8 Å². The van der Waals surface area contributed by atoms with Gasteiger partial charge >= 0.3 is 9.08 Å². The maximum atomic E-state index is 11.8. The standard InChI is InChI=1S/C6H11F3Si/c1-5(2)6(3)4-10(7,8)9/h4H2,1-3H3. The average molecular weight is 168 g/mol. The fourth-order valence-electron chi connectivity index (χ4n) is 0.477. The van der Waals surface area contributed by atoms with Crippen LogP contribution in [0.4, 0.5) is 12.3 Å². The molecule has 0 aromatic heterocycles. The molecule has 0 aliphatic rings.